The Balaban J connectivity index is 2.53. The quantitative estimate of drug-likeness (QED) is 0.745. The van der Waals surface area contributed by atoms with Crippen LogP contribution in [-0.4, -0.2) is 17.9 Å². The van der Waals surface area contributed by atoms with E-state index < -0.39 is 12.0 Å². The minimum absolute atomic E-state index is 0.0615. The van der Waals surface area contributed by atoms with Gasteiger partial charge in [-0.1, -0.05) is 0 Å². The number of nitriles is 1. The zero-order valence-corrected chi connectivity index (χ0v) is 8.14. The normalized spacial score (nSPS) is 14.2. The third kappa shape index (κ3) is 1.53. The molecule has 82 valence electrons. The predicted octanol–water partition coefficient (Wildman–Crippen LogP) is 0.371. The molecule has 1 aromatic carbocycles. The molecule has 1 heterocycles. The van der Waals surface area contributed by atoms with Gasteiger partial charge in [0, 0.05) is 11.6 Å². The molecule has 0 aliphatic carbocycles. The lowest BCUT2D eigenvalue weighted by Crippen LogP contribution is -2.21. The zero-order valence-electron chi connectivity index (χ0n) is 8.14. The number of carboxylic acid groups (broad SMARTS) is 1. The van der Waals surface area contributed by atoms with E-state index in [0.29, 0.717) is 11.5 Å². The van der Waals surface area contributed by atoms with Crippen LogP contribution in [0.25, 0.3) is 0 Å². The maximum atomic E-state index is 10.8. The first-order valence-electron chi connectivity index (χ1n) is 4.45. The van der Waals surface area contributed by atoms with E-state index in [0.717, 1.165) is 0 Å². The van der Waals surface area contributed by atoms with Crippen LogP contribution in [0, 0.1) is 11.3 Å². The van der Waals surface area contributed by atoms with Crippen LogP contribution in [0.1, 0.15) is 17.2 Å². The third-order valence-corrected chi connectivity index (χ3v) is 2.27. The fourth-order valence-corrected chi connectivity index (χ4v) is 1.44. The van der Waals surface area contributed by atoms with Gasteiger partial charge < -0.3 is 20.3 Å². The molecule has 0 fully saturated rings. The van der Waals surface area contributed by atoms with E-state index in [4.69, 9.17) is 25.6 Å². The number of aliphatic carboxylic acids is 1. The summed E-state index contributed by atoms with van der Waals surface area (Å²) in [6.07, 6.45) is 0. The number of carboxylic acids is 1. The molecule has 3 N–H and O–H groups in total. The number of rotatable bonds is 2. The van der Waals surface area contributed by atoms with Crippen LogP contribution >= 0.6 is 0 Å². The van der Waals surface area contributed by atoms with Crippen molar-refractivity contribution in [2.75, 3.05) is 6.79 Å². The Bertz CT molecular complexity index is 492. The van der Waals surface area contributed by atoms with Gasteiger partial charge in [-0.05, 0) is 6.07 Å². The molecular formula is C10H8N2O4. The summed E-state index contributed by atoms with van der Waals surface area (Å²) >= 11 is 0. The van der Waals surface area contributed by atoms with Crippen molar-refractivity contribution < 1.29 is 19.4 Å². The number of benzene rings is 1. The molecule has 0 saturated carbocycles. The lowest BCUT2D eigenvalue weighted by molar-refractivity contribution is -0.138. The molecule has 0 amide bonds. The van der Waals surface area contributed by atoms with E-state index in [-0.39, 0.29) is 17.9 Å². The second-order valence-electron chi connectivity index (χ2n) is 3.22. The Morgan fingerprint density at radius 3 is 2.69 bits per heavy atom. The van der Waals surface area contributed by atoms with Crippen LogP contribution < -0.4 is 15.2 Å². The monoisotopic (exact) mass is 220 g/mol. The number of carbonyl (C=O) groups is 1. The van der Waals surface area contributed by atoms with Gasteiger partial charge in [0.15, 0.2) is 11.5 Å². The number of nitrogens with two attached hydrogens (primary N) is 1. The Hall–Kier alpha value is -2.26. The topological polar surface area (TPSA) is 106 Å². The lowest BCUT2D eigenvalue weighted by atomic mass is 10.0. The van der Waals surface area contributed by atoms with E-state index in [9.17, 15) is 4.79 Å². The average Bonchev–Trinajstić information content (AvgIpc) is 2.72. The molecule has 1 aliphatic rings. The maximum absolute atomic E-state index is 10.8. The van der Waals surface area contributed by atoms with E-state index in [1.165, 1.54) is 12.1 Å². The van der Waals surface area contributed by atoms with Gasteiger partial charge >= 0.3 is 5.97 Å². The summed E-state index contributed by atoms with van der Waals surface area (Å²) in [7, 11) is 0. The van der Waals surface area contributed by atoms with Gasteiger partial charge in [0.2, 0.25) is 6.79 Å². The minimum atomic E-state index is -1.25. The van der Waals surface area contributed by atoms with Crippen LogP contribution in [0.15, 0.2) is 12.1 Å². The molecule has 16 heavy (non-hydrogen) atoms. The van der Waals surface area contributed by atoms with Crippen molar-refractivity contribution in [2.45, 2.75) is 6.04 Å². The van der Waals surface area contributed by atoms with Gasteiger partial charge in [-0.2, -0.15) is 5.26 Å². The molecule has 0 aromatic heterocycles. The summed E-state index contributed by atoms with van der Waals surface area (Å²) in [6.45, 7) is 0.0615. The molecule has 0 radical (unpaired) electrons. The fourth-order valence-electron chi connectivity index (χ4n) is 1.44. The summed E-state index contributed by atoms with van der Waals surface area (Å²) in [5.41, 5.74) is 5.86. The number of hydrogen-bond donors (Lipinski definition) is 2. The highest BCUT2D eigenvalue weighted by Crippen LogP contribution is 2.36. The van der Waals surface area contributed by atoms with Gasteiger partial charge in [0.1, 0.15) is 6.04 Å². The molecule has 0 spiro atoms. The average molecular weight is 220 g/mol. The van der Waals surface area contributed by atoms with Crippen LogP contribution in [0.2, 0.25) is 0 Å². The largest absolute Gasteiger partial charge is 0.480 e. The molecule has 0 saturated heterocycles. The van der Waals surface area contributed by atoms with Crippen molar-refractivity contribution in [1.29, 1.82) is 5.26 Å². The number of nitrogens with zero attached hydrogens (tertiary/aromatic N) is 1. The highest BCUT2D eigenvalue weighted by atomic mass is 16.7. The summed E-state index contributed by atoms with van der Waals surface area (Å²) in [6, 6.07) is 3.50. The Kier molecular flexibility index (Phi) is 2.38. The van der Waals surface area contributed by atoms with Gasteiger partial charge in [0.25, 0.3) is 0 Å². The molecule has 6 heteroatoms. The zero-order chi connectivity index (χ0) is 11.7. The highest BCUT2D eigenvalue weighted by Gasteiger charge is 2.23. The van der Waals surface area contributed by atoms with Gasteiger partial charge in [-0.15, -0.1) is 0 Å². The first kappa shape index (κ1) is 10.3. The Morgan fingerprint density at radius 1 is 1.50 bits per heavy atom. The van der Waals surface area contributed by atoms with E-state index in [1.54, 1.807) is 0 Å². The third-order valence-electron chi connectivity index (χ3n) is 2.27. The molecule has 1 aromatic rings. The summed E-state index contributed by atoms with van der Waals surface area (Å²) in [4.78, 5) is 10.8. The minimum Gasteiger partial charge on any atom is -0.480 e. The maximum Gasteiger partial charge on any atom is 0.325 e. The molecular weight excluding hydrogens is 212 g/mol. The molecule has 1 atom stereocenters. The van der Waals surface area contributed by atoms with Gasteiger partial charge in [-0.3, -0.25) is 4.79 Å². The van der Waals surface area contributed by atoms with Crippen molar-refractivity contribution in [2.24, 2.45) is 5.73 Å². The van der Waals surface area contributed by atoms with Crippen LogP contribution in [0.5, 0.6) is 11.5 Å². The Morgan fingerprint density at radius 2 is 2.12 bits per heavy atom. The van der Waals surface area contributed by atoms with Crippen LogP contribution in [0.3, 0.4) is 0 Å². The van der Waals surface area contributed by atoms with Crippen molar-refractivity contribution in [3.05, 3.63) is 23.3 Å². The van der Waals surface area contributed by atoms with Crippen molar-refractivity contribution in [3.8, 4) is 17.6 Å². The second-order valence-corrected chi connectivity index (χ2v) is 3.22. The van der Waals surface area contributed by atoms with Crippen LogP contribution in [-0.2, 0) is 4.79 Å². The molecule has 2 rings (SSSR count). The van der Waals surface area contributed by atoms with Crippen molar-refractivity contribution in [1.82, 2.24) is 0 Å². The smallest absolute Gasteiger partial charge is 0.325 e. The number of fused-ring (bicyclic) bond motifs is 1. The number of ether oxygens (including phenoxy) is 2. The standard InChI is InChI=1S/C10H8N2O4/c11-3-5-1-7-8(16-4-15-7)2-6(5)9(12)10(13)14/h1-2,9H,4,12H2,(H,13,14). The van der Waals surface area contributed by atoms with Crippen molar-refractivity contribution in [3.63, 3.8) is 0 Å². The molecule has 1 aliphatic heterocycles. The predicted molar refractivity (Wildman–Crippen MR) is 51.8 cm³/mol. The number of hydrogen-bond acceptors (Lipinski definition) is 5. The van der Waals surface area contributed by atoms with Crippen LogP contribution in [0.4, 0.5) is 0 Å². The van der Waals surface area contributed by atoms with E-state index >= 15 is 0 Å². The summed E-state index contributed by atoms with van der Waals surface area (Å²) < 4.78 is 10.2. The second kappa shape index (κ2) is 3.72. The first-order valence-corrected chi connectivity index (χ1v) is 4.45. The lowest BCUT2D eigenvalue weighted by Gasteiger charge is -2.09. The Labute approximate surface area is 90.8 Å². The van der Waals surface area contributed by atoms with E-state index in [2.05, 4.69) is 0 Å². The molecule has 6 nitrogen and oxygen atoms in total. The fraction of sp³-hybridized carbons (Fsp3) is 0.200. The molecule has 0 bridgehead atoms. The molecule has 1 unspecified atom stereocenters. The van der Waals surface area contributed by atoms with Gasteiger partial charge in [0.05, 0.1) is 11.6 Å². The van der Waals surface area contributed by atoms with E-state index in [1.807, 2.05) is 6.07 Å². The SMILES string of the molecule is N#Cc1cc2c(cc1C(N)C(=O)O)OCO2. The van der Waals surface area contributed by atoms with Crippen molar-refractivity contribution >= 4 is 5.97 Å². The summed E-state index contributed by atoms with van der Waals surface area (Å²) in [5.74, 6) is -0.362. The highest BCUT2D eigenvalue weighted by molar-refractivity contribution is 5.77. The first-order chi connectivity index (χ1) is 7.63. The van der Waals surface area contributed by atoms with Gasteiger partial charge in [-0.25, -0.2) is 0 Å². The summed E-state index contributed by atoms with van der Waals surface area (Å²) in [5, 5.41) is 17.7.